The molecule has 0 unspecified atom stereocenters. The van der Waals surface area contributed by atoms with Crippen molar-refractivity contribution in [2.75, 3.05) is 0 Å². The largest absolute Gasteiger partial charge is 0.492 e. The van der Waals surface area contributed by atoms with E-state index in [0.717, 1.165) is 17.4 Å². The van der Waals surface area contributed by atoms with Gasteiger partial charge in [-0.3, -0.25) is 19.1 Å². The van der Waals surface area contributed by atoms with E-state index in [1.165, 1.54) is 29.1 Å². The fourth-order valence-electron chi connectivity index (χ4n) is 3.17. The van der Waals surface area contributed by atoms with Crippen LogP contribution in [0.3, 0.4) is 0 Å². The Balaban J connectivity index is 1.96. The first-order chi connectivity index (χ1) is 13.7. The van der Waals surface area contributed by atoms with E-state index < -0.39 is 23.2 Å². The number of aromatic nitrogens is 4. The highest BCUT2D eigenvalue weighted by atomic mass is 19.1. The van der Waals surface area contributed by atoms with E-state index in [-0.39, 0.29) is 40.5 Å². The number of carbonyl (C=O) groups is 1. The minimum Gasteiger partial charge on any atom is -0.492 e. The SMILES string of the molecule is CC(C)(C)Cn1c(=O)c(C(=O)NC2CC2)c(O)n2nc(-c3cnccc3F)cc12. The number of carbonyl (C=O) groups excluding carboxylic acids is 1. The average Bonchev–Trinajstić information content (AvgIpc) is 3.33. The maximum atomic E-state index is 14.2. The molecule has 2 N–H and O–H groups in total. The molecule has 8 nitrogen and oxygen atoms in total. The van der Waals surface area contributed by atoms with Crippen LogP contribution in [0.25, 0.3) is 16.9 Å². The Morgan fingerprint density at radius 2 is 2.10 bits per heavy atom. The van der Waals surface area contributed by atoms with Crippen LogP contribution in [0.2, 0.25) is 0 Å². The Bertz CT molecular complexity index is 1170. The lowest BCUT2D eigenvalue weighted by Gasteiger charge is -2.21. The van der Waals surface area contributed by atoms with Gasteiger partial charge in [-0.2, -0.15) is 9.61 Å². The van der Waals surface area contributed by atoms with E-state index in [0.29, 0.717) is 0 Å². The number of fused-ring (bicyclic) bond motifs is 1. The molecule has 1 fully saturated rings. The summed E-state index contributed by atoms with van der Waals surface area (Å²) >= 11 is 0. The summed E-state index contributed by atoms with van der Waals surface area (Å²) in [6.45, 7) is 6.13. The summed E-state index contributed by atoms with van der Waals surface area (Å²) in [5, 5.41) is 17.7. The zero-order chi connectivity index (χ0) is 20.9. The van der Waals surface area contributed by atoms with Crippen molar-refractivity contribution in [2.24, 2.45) is 5.41 Å². The number of aromatic hydroxyl groups is 1. The van der Waals surface area contributed by atoms with Crippen LogP contribution >= 0.6 is 0 Å². The fourth-order valence-corrected chi connectivity index (χ4v) is 3.17. The molecule has 1 aliphatic rings. The highest BCUT2D eigenvalue weighted by Gasteiger charge is 2.30. The van der Waals surface area contributed by atoms with Crippen LogP contribution in [-0.2, 0) is 6.54 Å². The van der Waals surface area contributed by atoms with Crippen molar-refractivity contribution < 1.29 is 14.3 Å². The summed E-state index contributed by atoms with van der Waals surface area (Å²) in [4.78, 5) is 29.7. The molecule has 9 heteroatoms. The molecule has 0 aliphatic heterocycles. The minimum absolute atomic E-state index is 0.0192. The molecule has 0 spiro atoms. The zero-order valence-electron chi connectivity index (χ0n) is 16.4. The molecule has 152 valence electrons. The second-order valence-electron chi connectivity index (χ2n) is 8.55. The standard InChI is InChI=1S/C20H22FN5O3/c1-20(2,3)10-25-15-8-14(12-9-22-7-6-13(12)21)24-26(15)19(29)16(18(25)28)17(27)23-11-4-5-11/h6-9,11,29H,4-5,10H2,1-3H3,(H,23,27). The van der Waals surface area contributed by atoms with Gasteiger partial charge in [0.15, 0.2) is 5.56 Å². The van der Waals surface area contributed by atoms with Gasteiger partial charge in [0, 0.05) is 31.0 Å². The van der Waals surface area contributed by atoms with Gasteiger partial charge in [0.1, 0.15) is 11.5 Å². The Labute approximate surface area is 166 Å². The molecule has 0 atom stereocenters. The van der Waals surface area contributed by atoms with E-state index in [1.807, 2.05) is 20.8 Å². The summed E-state index contributed by atoms with van der Waals surface area (Å²) in [6.07, 6.45) is 4.33. The Morgan fingerprint density at radius 3 is 2.72 bits per heavy atom. The van der Waals surface area contributed by atoms with Gasteiger partial charge in [0.25, 0.3) is 11.5 Å². The fraction of sp³-hybridized carbons (Fsp3) is 0.400. The summed E-state index contributed by atoms with van der Waals surface area (Å²) in [5.41, 5.74) is -0.669. The zero-order valence-corrected chi connectivity index (χ0v) is 16.4. The lowest BCUT2D eigenvalue weighted by Crippen LogP contribution is -2.37. The number of hydrogen-bond donors (Lipinski definition) is 2. The van der Waals surface area contributed by atoms with Crippen molar-refractivity contribution in [3.8, 4) is 17.1 Å². The number of amides is 1. The van der Waals surface area contributed by atoms with Gasteiger partial charge in [0.2, 0.25) is 5.88 Å². The molecule has 1 aliphatic carbocycles. The normalized spacial score (nSPS) is 14.3. The predicted molar refractivity (Wildman–Crippen MR) is 104 cm³/mol. The molecule has 3 heterocycles. The van der Waals surface area contributed by atoms with Crippen LogP contribution in [0.15, 0.2) is 29.3 Å². The first-order valence-electron chi connectivity index (χ1n) is 9.42. The smallest absolute Gasteiger partial charge is 0.270 e. The van der Waals surface area contributed by atoms with Crippen molar-refractivity contribution in [3.05, 3.63) is 46.3 Å². The quantitative estimate of drug-likeness (QED) is 0.701. The molecule has 3 aromatic heterocycles. The monoisotopic (exact) mass is 399 g/mol. The van der Waals surface area contributed by atoms with Crippen LogP contribution in [0, 0.1) is 11.2 Å². The highest BCUT2D eigenvalue weighted by molar-refractivity contribution is 5.96. The average molecular weight is 399 g/mol. The molecular weight excluding hydrogens is 377 g/mol. The van der Waals surface area contributed by atoms with Crippen LogP contribution in [0.5, 0.6) is 5.88 Å². The Hall–Kier alpha value is -3.23. The summed E-state index contributed by atoms with van der Waals surface area (Å²) < 4.78 is 16.7. The van der Waals surface area contributed by atoms with Crippen molar-refractivity contribution >= 4 is 11.6 Å². The van der Waals surface area contributed by atoms with Crippen LogP contribution in [0.4, 0.5) is 4.39 Å². The molecule has 3 aromatic rings. The number of nitrogens with zero attached hydrogens (tertiary/aromatic N) is 4. The molecule has 0 radical (unpaired) electrons. The number of pyridine rings is 1. The number of rotatable bonds is 4. The van der Waals surface area contributed by atoms with Crippen molar-refractivity contribution in [2.45, 2.75) is 46.2 Å². The third-order valence-electron chi connectivity index (χ3n) is 4.67. The van der Waals surface area contributed by atoms with Crippen LogP contribution in [-0.4, -0.2) is 36.2 Å². The maximum absolute atomic E-state index is 14.2. The van der Waals surface area contributed by atoms with E-state index in [9.17, 15) is 19.1 Å². The lowest BCUT2D eigenvalue weighted by atomic mass is 9.97. The molecular formula is C20H22FN5O3. The molecule has 1 saturated carbocycles. The number of hydrogen-bond acceptors (Lipinski definition) is 5. The highest BCUT2D eigenvalue weighted by Crippen LogP contribution is 2.27. The summed E-state index contributed by atoms with van der Waals surface area (Å²) in [5.74, 6) is -1.73. The molecule has 4 rings (SSSR count). The van der Waals surface area contributed by atoms with Crippen molar-refractivity contribution in [1.82, 2.24) is 24.5 Å². The van der Waals surface area contributed by atoms with Gasteiger partial charge < -0.3 is 10.4 Å². The Kier molecular flexibility index (Phi) is 4.40. The van der Waals surface area contributed by atoms with E-state index in [1.54, 1.807) is 0 Å². The first-order valence-corrected chi connectivity index (χ1v) is 9.42. The third kappa shape index (κ3) is 3.59. The van der Waals surface area contributed by atoms with E-state index >= 15 is 0 Å². The van der Waals surface area contributed by atoms with Gasteiger partial charge >= 0.3 is 0 Å². The van der Waals surface area contributed by atoms with Gasteiger partial charge in [-0.1, -0.05) is 20.8 Å². The molecule has 0 aromatic carbocycles. The van der Waals surface area contributed by atoms with E-state index in [2.05, 4.69) is 15.4 Å². The molecule has 0 saturated heterocycles. The number of halogens is 1. The lowest BCUT2D eigenvalue weighted by molar-refractivity contribution is 0.0944. The molecule has 1 amide bonds. The summed E-state index contributed by atoms with van der Waals surface area (Å²) in [6, 6.07) is 2.73. The van der Waals surface area contributed by atoms with Gasteiger partial charge in [-0.05, 0) is 24.3 Å². The van der Waals surface area contributed by atoms with Gasteiger partial charge in [-0.25, -0.2) is 4.39 Å². The maximum Gasteiger partial charge on any atom is 0.270 e. The summed E-state index contributed by atoms with van der Waals surface area (Å²) in [7, 11) is 0. The first kappa shape index (κ1) is 19.1. The second kappa shape index (κ2) is 6.68. The van der Waals surface area contributed by atoms with Crippen LogP contribution < -0.4 is 10.9 Å². The molecule has 0 bridgehead atoms. The Morgan fingerprint density at radius 1 is 1.38 bits per heavy atom. The van der Waals surface area contributed by atoms with Gasteiger partial charge in [-0.15, -0.1) is 0 Å². The van der Waals surface area contributed by atoms with Crippen molar-refractivity contribution in [3.63, 3.8) is 0 Å². The molecule has 29 heavy (non-hydrogen) atoms. The second-order valence-corrected chi connectivity index (χ2v) is 8.55. The topological polar surface area (TPSA) is 102 Å². The predicted octanol–water partition coefficient (Wildman–Crippen LogP) is 2.34. The van der Waals surface area contributed by atoms with Crippen molar-refractivity contribution in [1.29, 1.82) is 0 Å². The minimum atomic E-state index is -0.635. The number of nitrogens with one attached hydrogen (secondary N) is 1. The van der Waals surface area contributed by atoms with Crippen LogP contribution in [0.1, 0.15) is 44.0 Å². The third-order valence-corrected chi connectivity index (χ3v) is 4.67. The van der Waals surface area contributed by atoms with E-state index in [4.69, 9.17) is 0 Å². The van der Waals surface area contributed by atoms with Gasteiger partial charge in [0.05, 0.1) is 11.3 Å².